The highest BCUT2D eigenvalue weighted by molar-refractivity contribution is 6.36. The first-order valence-corrected chi connectivity index (χ1v) is 11.1. The minimum absolute atomic E-state index is 0.0417. The summed E-state index contributed by atoms with van der Waals surface area (Å²) in [7, 11) is 1.58. The smallest absolute Gasteiger partial charge is 0.271 e. The third-order valence-corrected chi connectivity index (χ3v) is 5.79. The van der Waals surface area contributed by atoms with E-state index in [-0.39, 0.29) is 12.3 Å². The lowest BCUT2D eigenvalue weighted by atomic mass is 10.2. The molecule has 174 valence electrons. The minimum atomic E-state index is -0.478. The number of methoxy groups -OCH3 is 1. The summed E-state index contributed by atoms with van der Waals surface area (Å²) in [5, 5.41) is 18.7. The largest absolute Gasteiger partial charge is 0.493 e. The summed E-state index contributed by atoms with van der Waals surface area (Å²) < 4.78 is 11.3. The molecule has 0 aliphatic heterocycles. The second kappa shape index (κ2) is 12.0. The SMILES string of the molecule is COc1cc(CNCCNc2ccc([N+](=O)[O-])cc2Cl)ccc1OCc1c(Cl)cccc1Cl. The molecule has 0 saturated carbocycles. The van der Waals surface area contributed by atoms with Gasteiger partial charge in [0.15, 0.2) is 11.5 Å². The van der Waals surface area contributed by atoms with Crippen molar-refractivity contribution in [3.8, 4) is 11.5 Å². The third-order valence-electron chi connectivity index (χ3n) is 4.77. The van der Waals surface area contributed by atoms with Crippen LogP contribution in [0.15, 0.2) is 54.6 Å². The maximum absolute atomic E-state index is 10.8. The summed E-state index contributed by atoms with van der Waals surface area (Å²) in [4.78, 5) is 10.3. The Morgan fingerprint density at radius 2 is 1.70 bits per heavy atom. The summed E-state index contributed by atoms with van der Waals surface area (Å²) in [6.45, 7) is 2.08. The van der Waals surface area contributed by atoms with Gasteiger partial charge in [0.1, 0.15) is 6.61 Å². The Labute approximate surface area is 206 Å². The first kappa shape index (κ1) is 24.9. The molecule has 10 heteroatoms. The van der Waals surface area contributed by atoms with Crippen LogP contribution in [0, 0.1) is 10.1 Å². The number of hydrogen-bond donors (Lipinski definition) is 2. The lowest BCUT2D eigenvalue weighted by molar-refractivity contribution is -0.384. The number of nitro benzene ring substituents is 1. The average Bonchev–Trinajstić information content (AvgIpc) is 2.79. The van der Waals surface area contributed by atoms with Crippen LogP contribution in [0.2, 0.25) is 15.1 Å². The van der Waals surface area contributed by atoms with Gasteiger partial charge in [-0.3, -0.25) is 10.1 Å². The van der Waals surface area contributed by atoms with Crippen molar-refractivity contribution >= 4 is 46.2 Å². The van der Waals surface area contributed by atoms with Gasteiger partial charge in [-0.2, -0.15) is 0 Å². The second-order valence-electron chi connectivity index (χ2n) is 7.00. The Kier molecular flexibility index (Phi) is 9.03. The molecule has 0 aliphatic carbocycles. The summed E-state index contributed by atoms with van der Waals surface area (Å²) >= 11 is 18.5. The quantitative estimate of drug-likeness (QED) is 0.178. The highest BCUT2D eigenvalue weighted by Crippen LogP contribution is 2.31. The van der Waals surface area contributed by atoms with E-state index in [0.717, 1.165) is 5.56 Å². The van der Waals surface area contributed by atoms with Gasteiger partial charge < -0.3 is 20.1 Å². The van der Waals surface area contributed by atoms with E-state index in [0.29, 0.717) is 57.5 Å². The van der Waals surface area contributed by atoms with Crippen molar-refractivity contribution in [1.29, 1.82) is 0 Å². The minimum Gasteiger partial charge on any atom is -0.493 e. The highest BCUT2D eigenvalue weighted by atomic mass is 35.5. The average molecular weight is 511 g/mol. The third kappa shape index (κ3) is 6.88. The topological polar surface area (TPSA) is 85.7 Å². The fourth-order valence-corrected chi connectivity index (χ4v) is 3.79. The van der Waals surface area contributed by atoms with Gasteiger partial charge >= 0.3 is 0 Å². The van der Waals surface area contributed by atoms with E-state index in [1.807, 2.05) is 18.2 Å². The van der Waals surface area contributed by atoms with Crippen LogP contribution in [-0.4, -0.2) is 25.1 Å². The number of nitrogens with zero attached hydrogens (tertiary/aromatic N) is 1. The van der Waals surface area contributed by atoms with Crippen molar-refractivity contribution in [2.75, 3.05) is 25.5 Å². The van der Waals surface area contributed by atoms with Crippen molar-refractivity contribution in [2.24, 2.45) is 0 Å². The lowest BCUT2D eigenvalue weighted by Crippen LogP contribution is -2.21. The molecule has 0 saturated heterocycles. The van der Waals surface area contributed by atoms with Crippen LogP contribution < -0.4 is 20.1 Å². The zero-order chi connectivity index (χ0) is 23.8. The van der Waals surface area contributed by atoms with Crippen molar-refractivity contribution in [3.63, 3.8) is 0 Å². The molecule has 0 spiro atoms. The predicted molar refractivity (Wildman–Crippen MR) is 132 cm³/mol. The molecular weight excluding hydrogens is 489 g/mol. The van der Waals surface area contributed by atoms with Gasteiger partial charge in [0, 0.05) is 47.4 Å². The van der Waals surface area contributed by atoms with E-state index in [9.17, 15) is 10.1 Å². The van der Waals surface area contributed by atoms with Gasteiger partial charge in [0.25, 0.3) is 5.69 Å². The Bertz CT molecular complexity index is 1110. The molecule has 0 bridgehead atoms. The Balaban J connectivity index is 1.49. The lowest BCUT2D eigenvalue weighted by Gasteiger charge is -2.14. The zero-order valence-corrected chi connectivity index (χ0v) is 20.0. The number of ether oxygens (including phenoxy) is 2. The van der Waals surface area contributed by atoms with Crippen molar-refractivity contribution in [3.05, 3.63) is 90.9 Å². The van der Waals surface area contributed by atoms with Gasteiger partial charge in [0.2, 0.25) is 0 Å². The maximum Gasteiger partial charge on any atom is 0.271 e. The summed E-state index contributed by atoms with van der Waals surface area (Å²) in [5.41, 5.74) is 2.34. The first-order valence-electron chi connectivity index (χ1n) is 10.00. The molecule has 0 heterocycles. The number of benzene rings is 3. The molecule has 7 nitrogen and oxygen atoms in total. The maximum atomic E-state index is 10.8. The normalized spacial score (nSPS) is 10.7. The molecule has 3 aromatic carbocycles. The number of nitro groups is 1. The number of hydrogen-bond acceptors (Lipinski definition) is 6. The standard InChI is InChI=1S/C23H22Cl3N3O4/c1-32-23-11-15(5-8-22(23)33-14-17-18(24)3-2-4-19(17)25)13-27-9-10-28-21-7-6-16(29(30)31)12-20(21)26/h2-8,11-12,27-28H,9-10,13-14H2,1H3. The van der Waals surface area contributed by atoms with E-state index in [1.54, 1.807) is 31.4 Å². The Morgan fingerprint density at radius 1 is 0.939 bits per heavy atom. The van der Waals surface area contributed by atoms with Gasteiger partial charge in [-0.1, -0.05) is 46.9 Å². The molecule has 0 unspecified atom stereocenters. The van der Waals surface area contributed by atoms with Crippen LogP contribution >= 0.6 is 34.8 Å². The molecule has 0 atom stereocenters. The van der Waals surface area contributed by atoms with E-state index in [4.69, 9.17) is 44.3 Å². The number of anilines is 1. The fourth-order valence-electron chi connectivity index (χ4n) is 3.04. The number of halogens is 3. The molecule has 3 aromatic rings. The fraction of sp³-hybridized carbons (Fsp3) is 0.217. The molecular formula is C23H22Cl3N3O4. The van der Waals surface area contributed by atoms with Crippen LogP contribution in [0.5, 0.6) is 11.5 Å². The monoisotopic (exact) mass is 509 g/mol. The molecule has 2 N–H and O–H groups in total. The number of nitrogens with one attached hydrogen (secondary N) is 2. The zero-order valence-electron chi connectivity index (χ0n) is 17.7. The van der Waals surface area contributed by atoms with Crippen LogP contribution in [0.25, 0.3) is 0 Å². The second-order valence-corrected chi connectivity index (χ2v) is 8.22. The summed E-state index contributed by atoms with van der Waals surface area (Å²) in [6.07, 6.45) is 0. The summed E-state index contributed by atoms with van der Waals surface area (Å²) in [5.74, 6) is 1.19. The molecule has 33 heavy (non-hydrogen) atoms. The molecule has 0 aromatic heterocycles. The molecule has 0 radical (unpaired) electrons. The molecule has 0 amide bonds. The van der Waals surface area contributed by atoms with Crippen LogP contribution in [-0.2, 0) is 13.2 Å². The Morgan fingerprint density at radius 3 is 2.36 bits per heavy atom. The molecule has 0 fully saturated rings. The highest BCUT2D eigenvalue weighted by Gasteiger charge is 2.11. The van der Waals surface area contributed by atoms with E-state index >= 15 is 0 Å². The van der Waals surface area contributed by atoms with E-state index in [2.05, 4.69) is 10.6 Å². The summed E-state index contributed by atoms with van der Waals surface area (Å²) in [6, 6.07) is 15.3. The number of rotatable bonds is 11. The molecule has 0 aliphatic rings. The van der Waals surface area contributed by atoms with Gasteiger partial charge in [-0.25, -0.2) is 0 Å². The van der Waals surface area contributed by atoms with Crippen molar-refractivity contribution < 1.29 is 14.4 Å². The van der Waals surface area contributed by atoms with Crippen molar-refractivity contribution in [2.45, 2.75) is 13.2 Å². The molecule has 3 rings (SSSR count). The van der Waals surface area contributed by atoms with E-state index in [1.165, 1.54) is 12.1 Å². The van der Waals surface area contributed by atoms with Gasteiger partial charge in [0.05, 0.1) is 22.7 Å². The predicted octanol–water partition coefficient (Wildman–Crippen LogP) is 6.34. The number of non-ortho nitro benzene ring substituents is 1. The Hall–Kier alpha value is -2.71. The van der Waals surface area contributed by atoms with E-state index < -0.39 is 4.92 Å². The first-order chi connectivity index (χ1) is 15.9. The van der Waals surface area contributed by atoms with Gasteiger partial charge in [-0.15, -0.1) is 0 Å². The van der Waals surface area contributed by atoms with Gasteiger partial charge in [-0.05, 0) is 35.9 Å². The van der Waals surface area contributed by atoms with Crippen molar-refractivity contribution in [1.82, 2.24) is 5.32 Å². The van der Waals surface area contributed by atoms with Crippen LogP contribution in [0.4, 0.5) is 11.4 Å². The van der Waals surface area contributed by atoms with Crippen LogP contribution in [0.1, 0.15) is 11.1 Å². The van der Waals surface area contributed by atoms with Crippen LogP contribution in [0.3, 0.4) is 0 Å².